The molecule has 1 atom stereocenters. The zero-order valence-electron chi connectivity index (χ0n) is 12.1. The second-order valence-electron chi connectivity index (χ2n) is 5.42. The second-order valence-corrected chi connectivity index (χ2v) is 7.61. The molecule has 1 aromatic heterocycles. The van der Waals surface area contributed by atoms with Gasteiger partial charge < -0.3 is 4.90 Å². The fourth-order valence-corrected chi connectivity index (χ4v) is 3.66. The summed E-state index contributed by atoms with van der Waals surface area (Å²) in [6.45, 7) is 0.316. The number of hydrogen-bond acceptors (Lipinski definition) is 4. The first kappa shape index (κ1) is 16.8. The van der Waals surface area contributed by atoms with E-state index in [1.807, 2.05) is 0 Å². The van der Waals surface area contributed by atoms with E-state index in [4.69, 9.17) is 0 Å². The molecule has 1 fully saturated rings. The Morgan fingerprint density at radius 2 is 2.09 bits per heavy atom. The zero-order chi connectivity index (χ0) is 16.7. The number of rotatable bonds is 3. The van der Waals surface area contributed by atoms with Gasteiger partial charge in [0.05, 0.1) is 5.75 Å². The summed E-state index contributed by atoms with van der Waals surface area (Å²) in [6, 6.07) is 0.178. The largest absolute Gasteiger partial charge is 0.433 e. The van der Waals surface area contributed by atoms with Gasteiger partial charge in [0.25, 0.3) is 5.91 Å². The van der Waals surface area contributed by atoms with Crippen LogP contribution in [0.4, 0.5) is 13.2 Å². The van der Waals surface area contributed by atoms with Gasteiger partial charge in [0, 0.05) is 32.0 Å². The number of carbonyl (C=O) groups is 1. The maximum atomic E-state index is 12.7. The number of aromatic nitrogens is 2. The van der Waals surface area contributed by atoms with E-state index in [-0.39, 0.29) is 11.4 Å². The first-order chi connectivity index (χ1) is 9.99. The lowest BCUT2D eigenvalue weighted by atomic mass is 10.2. The lowest BCUT2D eigenvalue weighted by Gasteiger charge is -2.23. The average Bonchev–Trinajstić information content (AvgIpc) is 2.92. The monoisotopic (exact) mass is 339 g/mol. The summed E-state index contributed by atoms with van der Waals surface area (Å²) < 4.78 is 61.6. The number of carbonyl (C=O) groups excluding carboxylic acids is 1. The number of sulfone groups is 1. The molecule has 0 aromatic carbocycles. The number of amides is 1. The Labute approximate surface area is 125 Å². The van der Waals surface area contributed by atoms with Gasteiger partial charge in [-0.25, -0.2) is 8.42 Å². The standard InChI is InChI=1S/C12H16F3N3O3S/c1-17-10(12(13,14)15)6-9(16-17)11(19)18-5-3-4-8(18)7-22(2,20)21/h6,8H,3-5,7H2,1-2H3/t8-/m1/s1. The smallest absolute Gasteiger partial charge is 0.333 e. The van der Waals surface area contributed by atoms with Crippen molar-refractivity contribution >= 4 is 15.7 Å². The van der Waals surface area contributed by atoms with Gasteiger partial charge in [0.1, 0.15) is 15.5 Å². The van der Waals surface area contributed by atoms with Crippen LogP contribution in [0.3, 0.4) is 0 Å². The summed E-state index contributed by atoms with van der Waals surface area (Å²) in [5, 5.41) is 3.61. The normalized spacial score (nSPS) is 19.7. The molecule has 1 amide bonds. The summed E-state index contributed by atoms with van der Waals surface area (Å²) in [6.07, 6.45) is -2.41. The Kier molecular flexibility index (Phi) is 4.24. The summed E-state index contributed by atoms with van der Waals surface area (Å²) in [5.74, 6) is -0.866. The predicted molar refractivity (Wildman–Crippen MR) is 72.0 cm³/mol. The van der Waals surface area contributed by atoms with Crippen molar-refractivity contribution in [1.82, 2.24) is 14.7 Å². The van der Waals surface area contributed by atoms with Crippen molar-refractivity contribution in [2.24, 2.45) is 7.05 Å². The maximum absolute atomic E-state index is 12.7. The Bertz CT molecular complexity index is 682. The Morgan fingerprint density at radius 3 is 2.59 bits per heavy atom. The molecule has 0 unspecified atom stereocenters. The minimum atomic E-state index is -4.60. The molecule has 22 heavy (non-hydrogen) atoms. The SMILES string of the molecule is Cn1nc(C(=O)N2CCC[C@@H]2CS(C)(=O)=O)cc1C(F)(F)F. The maximum Gasteiger partial charge on any atom is 0.433 e. The predicted octanol–water partition coefficient (Wildman–Crippen LogP) is 1.09. The minimum absolute atomic E-state index is 0.197. The van der Waals surface area contributed by atoms with Gasteiger partial charge in [0.15, 0.2) is 5.69 Å². The molecule has 10 heteroatoms. The molecule has 1 aromatic rings. The highest BCUT2D eigenvalue weighted by Gasteiger charge is 2.38. The lowest BCUT2D eigenvalue weighted by molar-refractivity contribution is -0.143. The summed E-state index contributed by atoms with van der Waals surface area (Å²) in [5.41, 5.74) is -1.34. The lowest BCUT2D eigenvalue weighted by Crippen LogP contribution is -2.39. The first-order valence-electron chi connectivity index (χ1n) is 6.59. The molecule has 1 aliphatic rings. The van der Waals surface area contributed by atoms with Crippen molar-refractivity contribution in [3.8, 4) is 0 Å². The fraction of sp³-hybridized carbons (Fsp3) is 0.667. The molecule has 2 rings (SSSR count). The van der Waals surface area contributed by atoms with Crippen LogP contribution >= 0.6 is 0 Å². The van der Waals surface area contributed by atoms with E-state index in [2.05, 4.69) is 5.10 Å². The molecular weight excluding hydrogens is 323 g/mol. The van der Waals surface area contributed by atoms with E-state index in [1.165, 1.54) is 4.90 Å². The number of hydrogen-bond donors (Lipinski definition) is 0. The molecular formula is C12H16F3N3O3S. The minimum Gasteiger partial charge on any atom is -0.333 e. The van der Waals surface area contributed by atoms with Crippen LogP contribution in [0.1, 0.15) is 29.0 Å². The van der Waals surface area contributed by atoms with Crippen LogP contribution < -0.4 is 0 Å². The number of halogens is 3. The molecule has 1 aliphatic heterocycles. The summed E-state index contributed by atoms with van der Waals surface area (Å²) in [7, 11) is -2.17. The topological polar surface area (TPSA) is 72.3 Å². The van der Waals surface area contributed by atoms with Crippen molar-refractivity contribution in [3.63, 3.8) is 0 Å². The van der Waals surface area contributed by atoms with Gasteiger partial charge in [-0.3, -0.25) is 9.48 Å². The highest BCUT2D eigenvalue weighted by molar-refractivity contribution is 7.90. The molecule has 6 nitrogen and oxygen atoms in total. The number of aryl methyl sites for hydroxylation is 1. The van der Waals surface area contributed by atoms with Crippen LogP contribution in [-0.4, -0.2) is 53.6 Å². The number of likely N-dealkylation sites (tertiary alicyclic amines) is 1. The van der Waals surface area contributed by atoms with Crippen molar-refractivity contribution in [2.45, 2.75) is 25.1 Å². The zero-order valence-corrected chi connectivity index (χ0v) is 12.9. The molecule has 0 saturated carbocycles. The number of nitrogens with zero attached hydrogens (tertiary/aromatic N) is 3. The van der Waals surface area contributed by atoms with E-state index in [1.54, 1.807) is 0 Å². The van der Waals surface area contributed by atoms with Crippen molar-refractivity contribution in [1.29, 1.82) is 0 Å². The Hall–Kier alpha value is -1.58. The van der Waals surface area contributed by atoms with Crippen molar-refractivity contribution < 1.29 is 26.4 Å². The van der Waals surface area contributed by atoms with E-state index >= 15 is 0 Å². The van der Waals surface area contributed by atoms with Crippen LogP contribution in [0.25, 0.3) is 0 Å². The van der Waals surface area contributed by atoms with Gasteiger partial charge >= 0.3 is 6.18 Å². The molecule has 0 spiro atoms. The molecule has 0 radical (unpaired) electrons. The van der Waals surface area contributed by atoms with E-state index in [0.717, 1.165) is 13.3 Å². The third kappa shape index (κ3) is 3.60. The molecule has 1 saturated heterocycles. The molecule has 0 N–H and O–H groups in total. The highest BCUT2D eigenvalue weighted by Crippen LogP contribution is 2.30. The van der Waals surface area contributed by atoms with Crippen LogP contribution in [0.2, 0.25) is 0 Å². The van der Waals surface area contributed by atoms with Gasteiger partial charge in [-0.15, -0.1) is 0 Å². The van der Waals surface area contributed by atoms with Crippen molar-refractivity contribution in [2.75, 3.05) is 18.6 Å². The van der Waals surface area contributed by atoms with Crippen molar-refractivity contribution in [3.05, 3.63) is 17.5 Å². The second kappa shape index (κ2) is 5.56. The molecule has 0 aliphatic carbocycles. The van der Waals surface area contributed by atoms with Gasteiger partial charge in [-0.05, 0) is 12.8 Å². The third-order valence-corrected chi connectivity index (χ3v) is 4.51. The van der Waals surface area contributed by atoms with Crippen LogP contribution in [-0.2, 0) is 23.1 Å². The van der Waals surface area contributed by atoms with E-state index < -0.39 is 33.7 Å². The molecule has 2 heterocycles. The van der Waals surface area contributed by atoms with Crippen LogP contribution in [0, 0.1) is 0 Å². The van der Waals surface area contributed by atoms with Gasteiger partial charge in [0.2, 0.25) is 0 Å². The molecule has 124 valence electrons. The van der Waals surface area contributed by atoms with Crippen LogP contribution in [0.5, 0.6) is 0 Å². The van der Waals surface area contributed by atoms with Gasteiger partial charge in [-0.2, -0.15) is 18.3 Å². The average molecular weight is 339 g/mol. The Balaban J connectivity index is 2.24. The number of alkyl halides is 3. The molecule has 0 bridgehead atoms. The highest BCUT2D eigenvalue weighted by atomic mass is 32.2. The van der Waals surface area contributed by atoms with E-state index in [0.29, 0.717) is 30.1 Å². The third-order valence-electron chi connectivity index (χ3n) is 3.52. The quantitative estimate of drug-likeness (QED) is 0.826. The first-order valence-corrected chi connectivity index (χ1v) is 8.65. The van der Waals surface area contributed by atoms with E-state index in [9.17, 15) is 26.4 Å². The van der Waals surface area contributed by atoms with Crippen LogP contribution in [0.15, 0.2) is 6.07 Å². The Morgan fingerprint density at radius 1 is 1.45 bits per heavy atom. The fourth-order valence-electron chi connectivity index (χ4n) is 2.61. The summed E-state index contributed by atoms with van der Waals surface area (Å²) in [4.78, 5) is 13.6. The summed E-state index contributed by atoms with van der Waals surface area (Å²) >= 11 is 0. The van der Waals surface area contributed by atoms with Gasteiger partial charge in [-0.1, -0.05) is 0 Å².